The Morgan fingerprint density at radius 3 is 2.43 bits per heavy atom. The zero-order valence-corrected chi connectivity index (χ0v) is 13.9. The first-order valence-electron chi connectivity index (χ1n) is 6.50. The number of carbonyl (C=O) groups excluding carboxylic acids is 1. The zero-order valence-electron chi connectivity index (χ0n) is 12.3. The van der Waals surface area contributed by atoms with Crippen LogP contribution in [-0.2, 0) is 19.8 Å². The summed E-state index contributed by atoms with van der Waals surface area (Å²) in [6.07, 6.45) is 0. The SMILES string of the molecule is CNS(=O)(C=O)(Cc1ccccc1)C1=NC(C)(C)C(=S)N1. The van der Waals surface area contributed by atoms with Crippen LogP contribution < -0.4 is 10.0 Å². The van der Waals surface area contributed by atoms with E-state index in [2.05, 4.69) is 15.0 Å². The van der Waals surface area contributed by atoms with Gasteiger partial charge in [-0.1, -0.05) is 42.5 Å². The van der Waals surface area contributed by atoms with Gasteiger partial charge in [-0.3, -0.25) is 9.00 Å². The van der Waals surface area contributed by atoms with E-state index in [1.54, 1.807) is 0 Å². The van der Waals surface area contributed by atoms with Crippen molar-refractivity contribution in [2.75, 3.05) is 7.05 Å². The number of nitrogens with one attached hydrogen (secondary N) is 2. The minimum Gasteiger partial charge on any atom is -0.325 e. The number of carbonyl (C=O) groups is 1. The molecule has 2 N–H and O–H groups in total. The summed E-state index contributed by atoms with van der Waals surface area (Å²) in [4.78, 5) is 16.6. The molecule has 0 bridgehead atoms. The molecule has 5 nitrogen and oxygen atoms in total. The lowest BCUT2D eigenvalue weighted by Gasteiger charge is -2.35. The van der Waals surface area contributed by atoms with Gasteiger partial charge in [0.25, 0.3) is 0 Å². The maximum atomic E-state index is 13.6. The molecule has 1 heterocycles. The topological polar surface area (TPSA) is 70.6 Å². The van der Waals surface area contributed by atoms with Crippen molar-refractivity contribution in [1.82, 2.24) is 10.0 Å². The number of rotatable bonds is 4. The predicted octanol–water partition coefficient (Wildman–Crippen LogP) is 1.40. The highest BCUT2D eigenvalue weighted by Crippen LogP contribution is 2.30. The number of hydrogen-bond acceptors (Lipinski definition) is 4. The van der Waals surface area contributed by atoms with E-state index >= 15 is 0 Å². The number of nitrogens with zero attached hydrogens (tertiary/aromatic N) is 1. The van der Waals surface area contributed by atoms with Gasteiger partial charge in [-0.15, -0.1) is 0 Å². The molecule has 0 spiro atoms. The van der Waals surface area contributed by atoms with Crippen LogP contribution in [-0.4, -0.2) is 32.6 Å². The predicted molar refractivity (Wildman–Crippen MR) is 91.3 cm³/mol. The Labute approximate surface area is 129 Å². The van der Waals surface area contributed by atoms with Gasteiger partial charge in [-0.05, 0) is 26.5 Å². The average Bonchev–Trinajstić information content (AvgIpc) is 2.75. The summed E-state index contributed by atoms with van der Waals surface area (Å²) in [5, 5.41) is 3.00. The van der Waals surface area contributed by atoms with E-state index in [1.807, 2.05) is 44.2 Å². The molecular weight excluding hydrogens is 306 g/mol. The van der Waals surface area contributed by atoms with E-state index in [9.17, 15) is 9.00 Å². The fourth-order valence-electron chi connectivity index (χ4n) is 2.06. The van der Waals surface area contributed by atoms with E-state index in [0.29, 0.717) is 10.6 Å². The summed E-state index contributed by atoms with van der Waals surface area (Å²) < 4.78 is 16.3. The summed E-state index contributed by atoms with van der Waals surface area (Å²) in [7, 11) is -2.50. The third-order valence-electron chi connectivity index (χ3n) is 3.53. The Morgan fingerprint density at radius 2 is 2.00 bits per heavy atom. The molecule has 0 saturated carbocycles. The van der Waals surface area contributed by atoms with Gasteiger partial charge in [0.1, 0.15) is 10.5 Å². The number of amidine groups is 1. The second kappa shape index (κ2) is 5.08. The summed E-state index contributed by atoms with van der Waals surface area (Å²) >= 11 is 5.22. The van der Waals surface area contributed by atoms with Gasteiger partial charge < -0.3 is 5.32 Å². The average molecular weight is 325 g/mol. The first kappa shape index (κ1) is 15.9. The fraction of sp³-hybridized carbons (Fsp3) is 0.357. The second-order valence-corrected chi connectivity index (χ2v) is 9.57. The molecule has 21 heavy (non-hydrogen) atoms. The van der Waals surface area contributed by atoms with E-state index < -0.39 is 14.8 Å². The molecule has 114 valence electrons. The molecule has 7 heteroatoms. The van der Waals surface area contributed by atoms with Crippen molar-refractivity contribution >= 4 is 37.2 Å². The van der Waals surface area contributed by atoms with Crippen LogP contribution in [0, 0.1) is 0 Å². The number of hydrogen-bond donors (Lipinski definition) is 2. The molecule has 2 rings (SSSR count). The monoisotopic (exact) mass is 325 g/mol. The molecule has 0 radical (unpaired) electrons. The summed E-state index contributed by atoms with van der Waals surface area (Å²) in [6, 6.07) is 9.20. The summed E-state index contributed by atoms with van der Waals surface area (Å²) in [5.74, 6) is 0.0442. The highest BCUT2D eigenvalue weighted by atomic mass is 32.3. The number of benzene rings is 1. The fourth-order valence-corrected chi connectivity index (χ4v) is 4.61. The Balaban J connectivity index is 2.53. The first-order valence-corrected chi connectivity index (χ1v) is 9.11. The van der Waals surface area contributed by atoms with Gasteiger partial charge in [-0.25, -0.2) is 9.71 Å². The van der Waals surface area contributed by atoms with Crippen molar-refractivity contribution in [3.8, 4) is 0 Å². The molecule has 1 aliphatic rings. The Morgan fingerprint density at radius 1 is 1.38 bits per heavy atom. The lowest BCUT2D eigenvalue weighted by molar-refractivity contribution is 0.563. The van der Waals surface area contributed by atoms with Gasteiger partial charge >= 0.3 is 0 Å². The van der Waals surface area contributed by atoms with Crippen LogP contribution >= 0.6 is 12.2 Å². The lowest BCUT2D eigenvalue weighted by Crippen LogP contribution is -2.58. The molecular formula is C14H19N3O2S2. The number of thiocarbonyl (C=S) groups is 1. The summed E-state index contributed by atoms with van der Waals surface area (Å²) in [5.41, 5.74) is 0.597. The smallest absolute Gasteiger partial charge is 0.204 e. The maximum Gasteiger partial charge on any atom is 0.204 e. The van der Waals surface area contributed by atoms with E-state index in [0.717, 1.165) is 5.56 Å². The molecule has 0 unspecified atom stereocenters. The van der Waals surface area contributed by atoms with Crippen LogP contribution in [0.1, 0.15) is 19.4 Å². The molecule has 1 aromatic rings. The molecule has 0 fully saturated rings. The van der Waals surface area contributed by atoms with Crippen LogP contribution in [0.2, 0.25) is 0 Å². The van der Waals surface area contributed by atoms with E-state index in [-0.39, 0.29) is 10.9 Å². The van der Waals surface area contributed by atoms with Crippen molar-refractivity contribution in [2.45, 2.75) is 25.1 Å². The quantitative estimate of drug-likeness (QED) is 0.648. The highest BCUT2D eigenvalue weighted by molar-refractivity contribution is 8.39. The van der Waals surface area contributed by atoms with Crippen LogP contribution in [0.15, 0.2) is 35.3 Å². The minimum atomic E-state index is -4.01. The third-order valence-corrected chi connectivity index (χ3v) is 7.38. The second-order valence-electron chi connectivity index (χ2n) is 5.53. The van der Waals surface area contributed by atoms with E-state index in [1.165, 1.54) is 7.05 Å². The zero-order chi connectivity index (χ0) is 15.8. The molecule has 1 aliphatic heterocycles. The standard InChI is InChI=1S/C14H19N3O2S2/c1-14(2)12(20)16-13(17-14)21(19,10-18,15-3)9-11-7-5-4-6-8-11/h4-8,10H,9H2,1-3H3,(H,15,19)(H,16,17,20). The molecule has 0 atom stereocenters. The van der Waals surface area contributed by atoms with Crippen molar-refractivity contribution in [2.24, 2.45) is 4.99 Å². The molecule has 0 saturated heterocycles. The summed E-state index contributed by atoms with van der Waals surface area (Å²) in [6.45, 7) is 3.63. The molecule has 1 aromatic carbocycles. The van der Waals surface area contributed by atoms with Crippen LogP contribution in [0.4, 0.5) is 0 Å². The minimum absolute atomic E-state index is 0.0442. The Bertz CT molecular complexity index is 683. The molecule has 0 aliphatic carbocycles. The molecule has 0 aromatic heterocycles. The largest absolute Gasteiger partial charge is 0.325 e. The van der Waals surface area contributed by atoms with Gasteiger partial charge in [0.15, 0.2) is 5.17 Å². The van der Waals surface area contributed by atoms with Crippen molar-refractivity contribution in [3.63, 3.8) is 0 Å². The van der Waals surface area contributed by atoms with Crippen molar-refractivity contribution in [3.05, 3.63) is 35.9 Å². The van der Waals surface area contributed by atoms with Gasteiger partial charge in [0.2, 0.25) is 5.62 Å². The highest BCUT2D eigenvalue weighted by Gasteiger charge is 2.47. The maximum absolute atomic E-state index is 13.6. The van der Waals surface area contributed by atoms with Gasteiger partial charge in [-0.2, -0.15) is 0 Å². The van der Waals surface area contributed by atoms with Crippen LogP contribution in [0.5, 0.6) is 0 Å². The Hall–Kier alpha value is -1.44. The van der Waals surface area contributed by atoms with Crippen LogP contribution in [0.3, 0.4) is 0 Å². The number of aliphatic imine (C=N–C) groups is 1. The van der Waals surface area contributed by atoms with Gasteiger partial charge in [0, 0.05) is 0 Å². The lowest BCUT2D eigenvalue weighted by atomic mass is 10.1. The van der Waals surface area contributed by atoms with Gasteiger partial charge in [0.05, 0.1) is 15.0 Å². The normalized spacial score (nSPS) is 19.3. The van der Waals surface area contributed by atoms with Crippen molar-refractivity contribution < 1.29 is 9.00 Å². The molecule has 0 amide bonds. The van der Waals surface area contributed by atoms with Crippen molar-refractivity contribution in [1.29, 1.82) is 0 Å². The Kier molecular flexibility index (Phi) is 3.86. The third kappa shape index (κ3) is 2.68. The van der Waals surface area contributed by atoms with E-state index in [4.69, 9.17) is 12.2 Å². The van der Waals surface area contributed by atoms with Crippen LogP contribution in [0.25, 0.3) is 0 Å². The first-order chi connectivity index (χ1) is 9.74.